The van der Waals surface area contributed by atoms with Crippen LogP contribution in [0, 0.1) is 9.39 Å². The predicted molar refractivity (Wildman–Crippen MR) is 71.1 cm³/mol. The maximum absolute atomic E-state index is 13.0. The minimum absolute atomic E-state index is 0.115. The van der Waals surface area contributed by atoms with E-state index in [0.717, 1.165) is 0 Å². The van der Waals surface area contributed by atoms with Crippen molar-refractivity contribution in [1.29, 1.82) is 0 Å². The van der Waals surface area contributed by atoms with Crippen molar-refractivity contribution >= 4 is 28.4 Å². The first kappa shape index (κ1) is 12.9. The van der Waals surface area contributed by atoms with Gasteiger partial charge in [0, 0.05) is 21.5 Å². The fourth-order valence-electron chi connectivity index (χ4n) is 1.43. The molecule has 0 saturated heterocycles. The van der Waals surface area contributed by atoms with Gasteiger partial charge in [0.15, 0.2) is 5.69 Å². The van der Waals surface area contributed by atoms with Crippen molar-refractivity contribution in [3.8, 4) is 5.88 Å². The summed E-state index contributed by atoms with van der Waals surface area (Å²) in [5.41, 5.74) is 0.486. The molecule has 0 radical (unpaired) electrons. The molecule has 0 aliphatic heterocycles. The van der Waals surface area contributed by atoms with Crippen LogP contribution in [0.2, 0.25) is 0 Å². The molecule has 0 atom stereocenters. The third kappa shape index (κ3) is 2.47. The van der Waals surface area contributed by atoms with Crippen LogP contribution in [-0.4, -0.2) is 22.9 Å². The van der Waals surface area contributed by atoms with E-state index in [-0.39, 0.29) is 23.2 Å². The number of benzene rings is 1. The first-order valence-electron chi connectivity index (χ1n) is 4.98. The second-order valence-corrected chi connectivity index (χ2v) is 4.53. The molecule has 0 N–H and O–H groups in total. The fraction of sp³-hybridized carbons (Fsp3) is 0.0833. The number of ether oxygens (including phenoxy) is 1. The molecule has 1 heterocycles. The zero-order chi connectivity index (χ0) is 13.1. The molecule has 0 aliphatic carbocycles. The van der Waals surface area contributed by atoms with Crippen LogP contribution in [0.5, 0.6) is 5.88 Å². The average Bonchev–Trinajstić information content (AvgIpc) is 2.38. The Morgan fingerprint density at radius 1 is 1.33 bits per heavy atom. The van der Waals surface area contributed by atoms with Crippen LogP contribution in [0.1, 0.15) is 16.1 Å². The van der Waals surface area contributed by atoms with Crippen molar-refractivity contribution in [1.82, 2.24) is 9.97 Å². The molecular formula is C12H8FIN2O2. The zero-order valence-corrected chi connectivity index (χ0v) is 11.5. The third-order valence-electron chi connectivity index (χ3n) is 2.25. The van der Waals surface area contributed by atoms with Gasteiger partial charge in [-0.2, -0.15) is 0 Å². The number of carbonyl (C=O) groups is 1. The summed E-state index contributed by atoms with van der Waals surface area (Å²) in [6.07, 6.45) is 2.84. The van der Waals surface area contributed by atoms with Crippen LogP contribution in [0.4, 0.5) is 4.39 Å². The number of ketones is 1. The van der Waals surface area contributed by atoms with Gasteiger partial charge < -0.3 is 4.74 Å². The number of hydrogen-bond donors (Lipinski definition) is 0. The molecule has 92 valence electrons. The van der Waals surface area contributed by atoms with Gasteiger partial charge in [-0.15, -0.1) is 0 Å². The number of rotatable bonds is 3. The highest BCUT2D eigenvalue weighted by atomic mass is 127. The van der Waals surface area contributed by atoms with Gasteiger partial charge in [0.1, 0.15) is 5.82 Å². The summed E-state index contributed by atoms with van der Waals surface area (Å²) in [5, 5.41) is 0. The summed E-state index contributed by atoms with van der Waals surface area (Å²) in [6, 6.07) is 3.95. The third-order valence-corrected chi connectivity index (χ3v) is 3.14. The summed E-state index contributed by atoms with van der Waals surface area (Å²) in [5.74, 6) is -0.575. The lowest BCUT2D eigenvalue weighted by Crippen LogP contribution is -2.09. The largest absolute Gasteiger partial charge is 0.479 e. The smallest absolute Gasteiger partial charge is 0.243 e. The van der Waals surface area contributed by atoms with E-state index in [1.54, 1.807) is 0 Å². The summed E-state index contributed by atoms with van der Waals surface area (Å²) < 4.78 is 18.5. The van der Waals surface area contributed by atoms with Crippen LogP contribution < -0.4 is 4.74 Å². The molecule has 0 fully saturated rings. The maximum atomic E-state index is 13.0. The molecule has 0 saturated carbocycles. The van der Waals surface area contributed by atoms with Crippen LogP contribution in [0.3, 0.4) is 0 Å². The van der Waals surface area contributed by atoms with Gasteiger partial charge in [-0.1, -0.05) is 0 Å². The van der Waals surface area contributed by atoms with Gasteiger partial charge in [0.2, 0.25) is 11.7 Å². The Balaban J connectivity index is 2.48. The molecule has 0 unspecified atom stereocenters. The van der Waals surface area contributed by atoms with Crippen molar-refractivity contribution in [2.24, 2.45) is 0 Å². The number of halogens is 2. The SMILES string of the molecule is COc1nccnc1C(=O)c1ccc(F)cc1I. The van der Waals surface area contributed by atoms with E-state index in [0.29, 0.717) is 9.13 Å². The molecule has 2 rings (SSSR count). The van der Waals surface area contributed by atoms with Crippen molar-refractivity contribution < 1.29 is 13.9 Å². The van der Waals surface area contributed by atoms with Crippen molar-refractivity contribution in [2.45, 2.75) is 0 Å². The molecule has 2 aromatic rings. The van der Waals surface area contributed by atoms with E-state index in [4.69, 9.17) is 4.74 Å². The lowest BCUT2D eigenvalue weighted by atomic mass is 10.1. The molecular weight excluding hydrogens is 350 g/mol. The van der Waals surface area contributed by atoms with Gasteiger partial charge in [0.25, 0.3) is 0 Å². The molecule has 0 amide bonds. The van der Waals surface area contributed by atoms with Crippen LogP contribution >= 0.6 is 22.6 Å². The van der Waals surface area contributed by atoms with E-state index in [1.807, 2.05) is 22.6 Å². The standard InChI is InChI=1S/C12H8FIN2O2/c1-18-12-10(15-4-5-16-12)11(17)8-3-2-7(13)6-9(8)14/h2-6H,1H3. The van der Waals surface area contributed by atoms with Gasteiger partial charge in [-0.3, -0.25) is 4.79 Å². The molecule has 18 heavy (non-hydrogen) atoms. The van der Waals surface area contributed by atoms with Crippen LogP contribution in [-0.2, 0) is 0 Å². The average molecular weight is 358 g/mol. The van der Waals surface area contributed by atoms with Crippen LogP contribution in [0.15, 0.2) is 30.6 Å². The highest BCUT2D eigenvalue weighted by Crippen LogP contribution is 2.20. The Morgan fingerprint density at radius 2 is 2.06 bits per heavy atom. The Kier molecular flexibility index (Phi) is 3.85. The van der Waals surface area contributed by atoms with Gasteiger partial charge in [-0.05, 0) is 40.8 Å². The Hall–Kier alpha value is -1.57. The second kappa shape index (κ2) is 5.38. The summed E-state index contributed by atoms with van der Waals surface area (Å²) in [7, 11) is 1.41. The molecule has 0 aliphatic rings. The predicted octanol–water partition coefficient (Wildman–Crippen LogP) is 2.46. The normalized spacial score (nSPS) is 10.2. The van der Waals surface area contributed by atoms with E-state index in [9.17, 15) is 9.18 Å². The fourth-order valence-corrected chi connectivity index (χ4v) is 2.15. The number of hydrogen-bond acceptors (Lipinski definition) is 4. The summed E-state index contributed by atoms with van der Waals surface area (Å²) in [4.78, 5) is 20.1. The van der Waals surface area contributed by atoms with Gasteiger partial charge in [-0.25, -0.2) is 14.4 Å². The first-order chi connectivity index (χ1) is 8.63. The number of carbonyl (C=O) groups excluding carboxylic acids is 1. The summed E-state index contributed by atoms with van der Waals surface area (Å²) in [6.45, 7) is 0. The lowest BCUT2D eigenvalue weighted by Gasteiger charge is -2.06. The molecule has 0 spiro atoms. The second-order valence-electron chi connectivity index (χ2n) is 3.37. The van der Waals surface area contributed by atoms with E-state index in [1.165, 1.54) is 37.7 Å². The molecule has 6 heteroatoms. The highest BCUT2D eigenvalue weighted by Gasteiger charge is 2.19. The molecule has 1 aromatic heterocycles. The minimum Gasteiger partial charge on any atom is -0.479 e. The van der Waals surface area contributed by atoms with Crippen molar-refractivity contribution in [3.63, 3.8) is 0 Å². The van der Waals surface area contributed by atoms with Crippen molar-refractivity contribution in [2.75, 3.05) is 7.11 Å². The van der Waals surface area contributed by atoms with E-state index in [2.05, 4.69) is 9.97 Å². The Labute approximate surface area is 116 Å². The maximum Gasteiger partial charge on any atom is 0.243 e. The number of methoxy groups -OCH3 is 1. The highest BCUT2D eigenvalue weighted by molar-refractivity contribution is 14.1. The first-order valence-corrected chi connectivity index (χ1v) is 6.06. The van der Waals surface area contributed by atoms with Gasteiger partial charge >= 0.3 is 0 Å². The molecule has 4 nitrogen and oxygen atoms in total. The Morgan fingerprint density at radius 3 is 2.72 bits per heavy atom. The molecule has 0 bridgehead atoms. The van der Waals surface area contributed by atoms with Gasteiger partial charge in [0.05, 0.1) is 7.11 Å². The zero-order valence-electron chi connectivity index (χ0n) is 9.35. The number of aromatic nitrogens is 2. The quantitative estimate of drug-likeness (QED) is 0.625. The lowest BCUT2D eigenvalue weighted by molar-refractivity contribution is 0.102. The minimum atomic E-state index is -0.387. The summed E-state index contributed by atoms with van der Waals surface area (Å²) >= 11 is 1.90. The monoisotopic (exact) mass is 358 g/mol. The van der Waals surface area contributed by atoms with E-state index < -0.39 is 0 Å². The molecule has 1 aromatic carbocycles. The van der Waals surface area contributed by atoms with Crippen LogP contribution in [0.25, 0.3) is 0 Å². The number of nitrogens with zero attached hydrogens (tertiary/aromatic N) is 2. The van der Waals surface area contributed by atoms with E-state index >= 15 is 0 Å². The Bertz CT molecular complexity index is 604. The van der Waals surface area contributed by atoms with Crippen molar-refractivity contribution in [3.05, 3.63) is 51.2 Å². The topological polar surface area (TPSA) is 52.1 Å².